The summed E-state index contributed by atoms with van der Waals surface area (Å²) >= 11 is 0. The van der Waals surface area contributed by atoms with Crippen molar-refractivity contribution in [3.05, 3.63) is 69.9 Å². The average molecular weight is 510 g/mol. The summed E-state index contributed by atoms with van der Waals surface area (Å²) in [4.78, 5) is 30.3. The van der Waals surface area contributed by atoms with Gasteiger partial charge in [0.05, 0.1) is 35.1 Å². The van der Waals surface area contributed by atoms with Gasteiger partial charge in [-0.05, 0) is 49.6 Å². The highest BCUT2D eigenvalue weighted by Crippen LogP contribution is 2.36. The number of hydrogen-bond acceptors (Lipinski definition) is 8. The Morgan fingerprint density at radius 3 is 2.71 bits per heavy atom. The summed E-state index contributed by atoms with van der Waals surface area (Å²) in [7, 11) is 1.59. The number of aryl methyl sites for hydroxylation is 1. The highest BCUT2D eigenvalue weighted by atomic mass is 16.5. The quantitative estimate of drug-likeness (QED) is 0.431. The van der Waals surface area contributed by atoms with Gasteiger partial charge < -0.3 is 15.0 Å². The van der Waals surface area contributed by atoms with E-state index in [0.29, 0.717) is 51.7 Å². The Balaban J connectivity index is 1.94. The van der Waals surface area contributed by atoms with E-state index in [1.165, 1.54) is 0 Å². The third-order valence-corrected chi connectivity index (χ3v) is 7.03. The summed E-state index contributed by atoms with van der Waals surface area (Å²) in [5.41, 5.74) is 3.85. The van der Waals surface area contributed by atoms with Gasteiger partial charge in [0.2, 0.25) is 0 Å². The molecule has 0 radical (unpaired) electrons. The third-order valence-electron chi connectivity index (χ3n) is 7.03. The third kappa shape index (κ3) is 4.27. The van der Waals surface area contributed by atoms with Crippen LogP contribution >= 0.6 is 0 Å². The second kappa shape index (κ2) is 10.2. The molecule has 38 heavy (non-hydrogen) atoms. The van der Waals surface area contributed by atoms with Gasteiger partial charge in [0.1, 0.15) is 17.6 Å². The van der Waals surface area contributed by atoms with Crippen LogP contribution in [0.5, 0.6) is 5.75 Å². The van der Waals surface area contributed by atoms with Crippen molar-refractivity contribution in [2.24, 2.45) is 0 Å². The van der Waals surface area contributed by atoms with Gasteiger partial charge in [-0.2, -0.15) is 10.2 Å². The van der Waals surface area contributed by atoms with E-state index in [9.17, 15) is 10.1 Å². The Morgan fingerprint density at radius 2 is 2.00 bits per heavy atom. The topological polar surface area (TPSA) is 109 Å². The molecule has 9 nitrogen and oxygen atoms in total. The number of benzene rings is 1. The number of fused-ring (bicyclic) bond motifs is 1. The largest absolute Gasteiger partial charge is 0.496 e. The predicted octanol–water partition coefficient (Wildman–Crippen LogP) is 3.95. The minimum absolute atomic E-state index is 0.0618. The molecule has 1 fully saturated rings. The number of nitrogens with zero attached hydrogens (tertiary/aromatic N) is 6. The Kier molecular flexibility index (Phi) is 6.83. The zero-order valence-corrected chi connectivity index (χ0v) is 22.3. The maximum Gasteiger partial charge on any atom is 0.355 e. The number of nitrogens with one attached hydrogen (secondary N) is 1. The van der Waals surface area contributed by atoms with E-state index in [-0.39, 0.29) is 12.0 Å². The van der Waals surface area contributed by atoms with Crippen LogP contribution in [-0.2, 0) is 0 Å². The van der Waals surface area contributed by atoms with E-state index in [0.717, 1.165) is 24.3 Å². The lowest BCUT2D eigenvalue weighted by Gasteiger charge is -2.35. The van der Waals surface area contributed by atoms with Crippen LogP contribution in [0.25, 0.3) is 28.0 Å². The zero-order valence-electron chi connectivity index (χ0n) is 22.3. The fourth-order valence-corrected chi connectivity index (χ4v) is 5.12. The first-order valence-electron chi connectivity index (χ1n) is 12.8. The summed E-state index contributed by atoms with van der Waals surface area (Å²) in [6, 6.07) is 13.6. The number of methoxy groups -OCH3 is 1. The number of para-hydroxylation sites is 1. The highest BCUT2D eigenvalue weighted by molar-refractivity contribution is 5.92. The molecule has 194 valence electrons. The van der Waals surface area contributed by atoms with Crippen LogP contribution < -0.4 is 20.6 Å². The van der Waals surface area contributed by atoms with E-state index in [1.807, 2.05) is 51.1 Å². The van der Waals surface area contributed by atoms with Crippen molar-refractivity contribution in [3.63, 3.8) is 0 Å². The van der Waals surface area contributed by atoms with Gasteiger partial charge >= 0.3 is 5.69 Å². The van der Waals surface area contributed by atoms with Crippen LogP contribution in [0.1, 0.15) is 43.5 Å². The van der Waals surface area contributed by atoms with Crippen molar-refractivity contribution >= 4 is 16.9 Å². The van der Waals surface area contributed by atoms with E-state index in [4.69, 9.17) is 9.72 Å². The van der Waals surface area contributed by atoms with Gasteiger partial charge in [-0.25, -0.2) is 14.3 Å². The first-order chi connectivity index (χ1) is 18.3. The second-order valence-electron chi connectivity index (χ2n) is 9.88. The Hall–Kier alpha value is -4.29. The van der Waals surface area contributed by atoms with Crippen LogP contribution in [-0.4, -0.2) is 52.3 Å². The Labute approximate surface area is 221 Å². The number of piperazine rings is 1. The highest BCUT2D eigenvalue weighted by Gasteiger charge is 2.27. The van der Waals surface area contributed by atoms with Gasteiger partial charge in [-0.1, -0.05) is 26.0 Å². The summed E-state index contributed by atoms with van der Waals surface area (Å²) in [5, 5.41) is 14.2. The number of anilines is 1. The average Bonchev–Trinajstić information content (AvgIpc) is 2.92. The summed E-state index contributed by atoms with van der Waals surface area (Å²) in [5.74, 6) is 1.19. The number of hydrogen-bond donors (Lipinski definition) is 1. The van der Waals surface area contributed by atoms with Crippen LogP contribution in [0.15, 0.2) is 47.4 Å². The van der Waals surface area contributed by atoms with Crippen LogP contribution in [0.2, 0.25) is 0 Å². The number of rotatable bonds is 5. The molecule has 1 aliphatic rings. The molecule has 1 saturated heterocycles. The van der Waals surface area contributed by atoms with Gasteiger partial charge in [-0.3, -0.25) is 4.98 Å². The van der Waals surface area contributed by atoms with Gasteiger partial charge in [0.15, 0.2) is 5.65 Å². The first kappa shape index (κ1) is 25.4. The zero-order chi connectivity index (χ0) is 27.0. The molecule has 0 saturated carbocycles. The minimum atomic E-state index is -0.431. The van der Waals surface area contributed by atoms with Crippen molar-refractivity contribution in [1.82, 2.24) is 24.8 Å². The summed E-state index contributed by atoms with van der Waals surface area (Å²) in [6.45, 7) is 10.4. The lowest BCUT2D eigenvalue weighted by Crippen LogP contribution is -2.50. The van der Waals surface area contributed by atoms with Crippen LogP contribution in [0, 0.1) is 18.3 Å². The maximum absolute atomic E-state index is 13.9. The molecule has 5 rings (SSSR count). The molecule has 1 aliphatic heterocycles. The van der Waals surface area contributed by atoms with Gasteiger partial charge in [-0.15, -0.1) is 0 Å². The normalized spacial score (nSPS) is 15.6. The summed E-state index contributed by atoms with van der Waals surface area (Å²) in [6.07, 6.45) is 1.76. The van der Waals surface area contributed by atoms with Gasteiger partial charge in [0, 0.05) is 37.4 Å². The molecule has 9 heteroatoms. The smallest absolute Gasteiger partial charge is 0.355 e. The maximum atomic E-state index is 13.9. The molecular weight excluding hydrogens is 478 g/mol. The SMILES string of the molecule is COc1ccccc1-c1nc2c(cc1C#N)c(N1CCNCC1C)nc(=O)n2-c1c(C)ccnc1C(C)C. The van der Waals surface area contributed by atoms with E-state index < -0.39 is 5.69 Å². The standard InChI is InChI=1S/C29H31N7O2/c1-17(2)24-26(18(3)10-11-32-24)36-28-22(27(34-29(36)37)35-13-12-31-16-19(35)4)14-20(15-30)25(33-28)21-8-6-7-9-23(21)38-5/h6-11,14,17,19,31H,12-13,16H2,1-5H3. The molecule has 4 aromatic rings. The minimum Gasteiger partial charge on any atom is -0.496 e. The fourth-order valence-electron chi connectivity index (χ4n) is 5.12. The Morgan fingerprint density at radius 1 is 1.21 bits per heavy atom. The fraction of sp³-hybridized carbons (Fsp3) is 0.345. The van der Waals surface area contributed by atoms with Crippen molar-refractivity contribution in [1.29, 1.82) is 5.26 Å². The molecule has 0 amide bonds. The monoisotopic (exact) mass is 509 g/mol. The molecule has 0 aliphatic carbocycles. The predicted molar refractivity (Wildman–Crippen MR) is 148 cm³/mol. The molecular formula is C29H31N7O2. The molecule has 4 heterocycles. The number of pyridine rings is 2. The lowest BCUT2D eigenvalue weighted by molar-refractivity contribution is 0.416. The molecule has 1 N–H and O–H groups in total. The number of ether oxygens (including phenoxy) is 1. The van der Waals surface area contributed by atoms with E-state index in [1.54, 1.807) is 23.9 Å². The lowest BCUT2D eigenvalue weighted by atomic mass is 10.0. The van der Waals surface area contributed by atoms with Crippen molar-refractivity contribution in [2.45, 2.75) is 39.7 Å². The van der Waals surface area contributed by atoms with Crippen molar-refractivity contribution in [3.8, 4) is 28.8 Å². The number of aromatic nitrogens is 4. The Bertz CT molecular complexity index is 1620. The number of nitriles is 1. The molecule has 1 aromatic carbocycles. The molecule has 0 spiro atoms. The van der Waals surface area contributed by atoms with Crippen LogP contribution in [0.3, 0.4) is 0 Å². The van der Waals surface area contributed by atoms with Crippen LogP contribution in [0.4, 0.5) is 5.82 Å². The van der Waals surface area contributed by atoms with E-state index >= 15 is 0 Å². The van der Waals surface area contributed by atoms with Crippen molar-refractivity contribution < 1.29 is 4.74 Å². The molecule has 3 aromatic heterocycles. The van der Waals surface area contributed by atoms with Crippen molar-refractivity contribution in [2.75, 3.05) is 31.6 Å². The molecule has 0 bridgehead atoms. The first-order valence-corrected chi connectivity index (χ1v) is 12.8. The second-order valence-corrected chi connectivity index (χ2v) is 9.88. The molecule has 1 unspecified atom stereocenters. The van der Waals surface area contributed by atoms with E-state index in [2.05, 4.69) is 33.2 Å². The molecule has 1 atom stereocenters. The summed E-state index contributed by atoms with van der Waals surface area (Å²) < 4.78 is 7.16. The van der Waals surface area contributed by atoms with Gasteiger partial charge in [0.25, 0.3) is 0 Å².